The zero-order valence-corrected chi connectivity index (χ0v) is 16.8. The van der Waals surface area contributed by atoms with Gasteiger partial charge in [-0.3, -0.25) is 19.3 Å². The molecule has 0 aliphatic carbocycles. The Balaban J connectivity index is 1.95. The minimum Gasteiger partial charge on any atom is -0.469 e. The average Bonchev–Trinajstić information content (AvgIpc) is 3.10. The molecule has 2 aliphatic rings. The number of ether oxygens (including phenoxy) is 1. The summed E-state index contributed by atoms with van der Waals surface area (Å²) >= 11 is 6.43. The molecule has 0 N–H and O–H groups in total. The predicted molar refractivity (Wildman–Crippen MR) is 109 cm³/mol. The topological polar surface area (TPSA) is 66.9 Å². The first kappa shape index (κ1) is 19.6. The van der Waals surface area contributed by atoms with Crippen molar-refractivity contribution in [3.05, 3.63) is 34.7 Å². The molecule has 0 atom stereocenters. The number of methoxy groups -OCH3 is 1. The molecule has 0 saturated carbocycles. The molecule has 2 aliphatic heterocycles. The first-order valence-corrected chi connectivity index (χ1v) is 9.98. The normalized spacial score (nSPS) is 19.1. The van der Waals surface area contributed by atoms with Crippen molar-refractivity contribution in [2.75, 3.05) is 25.1 Å². The maximum Gasteiger partial charge on any atom is 0.307 e. The third-order valence-corrected chi connectivity index (χ3v) is 5.95. The zero-order chi connectivity index (χ0) is 19.6. The molecule has 1 fully saturated rings. The van der Waals surface area contributed by atoms with Crippen LogP contribution in [0.25, 0.3) is 5.57 Å². The van der Waals surface area contributed by atoms with Crippen molar-refractivity contribution in [1.82, 2.24) is 4.90 Å². The second kappa shape index (κ2) is 8.22. The van der Waals surface area contributed by atoms with Crippen molar-refractivity contribution in [2.24, 2.45) is 0 Å². The summed E-state index contributed by atoms with van der Waals surface area (Å²) in [5.41, 5.74) is 1.98. The Morgan fingerprint density at radius 2 is 1.89 bits per heavy atom. The minimum atomic E-state index is -0.412. The number of hydrogen-bond acceptors (Lipinski definition) is 6. The Bertz CT molecular complexity index is 850. The summed E-state index contributed by atoms with van der Waals surface area (Å²) in [6.45, 7) is 2.82. The summed E-state index contributed by atoms with van der Waals surface area (Å²) in [5.74, 6) is -0.910. The van der Waals surface area contributed by atoms with Crippen LogP contribution in [0, 0.1) is 0 Å². The van der Waals surface area contributed by atoms with Crippen LogP contribution in [0.1, 0.15) is 31.7 Å². The van der Waals surface area contributed by atoms with Crippen LogP contribution in [0.3, 0.4) is 0 Å². The molecule has 1 aromatic rings. The third-order valence-electron chi connectivity index (χ3n) is 4.50. The summed E-state index contributed by atoms with van der Waals surface area (Å²) < 4.78 is 4.97. The number of para-hydroxylation sites is 1. The number of nitrogens with zero attached hydrogens (tertiary/aromatic N) is 2. The minimum absolute atomic E-state index is 0.0543. The van der Waals surface area contributed by atoms with Gasteiger partial charge < -0.3 is 9.64 Å². The van der Waals surface area contributed by atoms with E-state index in [2.05, 4.69) is 11.7 Å². The molecule has 1 saturated heterocycles. The highest BCUT2D eigenvalue weighted by atomic mass is 32.2. The molecule has 142 valence electrons. The average molecular weight is 405 g/mol. The fourth-order valence-corrected chi connectivity index (χ4v) is 4.47. The number of thiocarbonyl (C=S) groups is 1. The van der Waals surface area contributed by atoms with Gasteiger partial charge in [-0.25, -0.2) is 0 Å². The molecule has 0 spiro atoms. The SMILES string of the molecule is CCCCN1C(=O)/C(=C2\SC(=S)N(CCC(=O)OC)C2=O)c2ccccc21. The van der Waals surface area contributed by atoms with Crippen molar-refractivity contribution in [3.63, 3.8) is 0 Å². The Kier molecular flexibility index (Phi) is 5.96. The van der Waals surface area contributed by atoms with Gasteiger partial charge in [0.05, 0.1) is 29.7 Å². The van der Waals surface area contributed by atoms with E-state index in [-0.39, 0.29) is 24.8 Å². The van der Waals surface area contributed by atoms with Crippen LogP contribution in [0.15, 0.2) is 29.2 Å². The van der Waals surface area contributed by atoms with Gasteiger partial charge in [-0.1, -0.05) is 55.5 Å². The maximum absolute atomic E-state index is 13.1. The Morgan fingerprint density at radius 1 is 1.15 bits per heavy atom. The summed E-state index contributed by atoms with van der Waals surface area (Å²) in [4.78, 5) is 40.8. The number of carbonyl (C=O) groups excluding carboxylic acids is 3. The van der Waals surface area contributed by atoms with Gasteiger partial charge in [0.15, 0.2) is 0 Å². The van der Waals surface area contributed by atoms with Gasteiger partial charge in [0.1, 0.15) is 4.32 Å². The number of benzene rings is 1. The molecule has 0 unspecified atom stereocenters. The number of hydrogen-bond donors (Lipinski definition) is 0. The number of carbonyl (C=O) groups is 3. The van der Waals surface area contributed by atoms with Gasteiger partial charge in [-0.05, 0) is 12.5 Å². The Labute approximate surface area is 167 Å². The van der Waals surface area contributed by atoms with Gasteiger partial charge in [0.25, 0.3) is 11.8 Å². The lowest BCUT2D eigenvalue weighted by Gasteiger charge is -2.16. The molecule has 2 amide bonds. The van der Waals surface area contributed by atoms with Crippen LogP contribution in [0.5, 0.6) is 0 Å². The third kappa shape index (κ3) is 3.64. The Hall–Kier alpha value is -2.19. The molecule has 6 nitrogen and oxygen atoms in total. The molecule has 1 aromatic carbocycles. The van der Waals surface area contributed by atoms with E-state index in [1.807, 2.05) is 24.3 Å². The number of fused-ring (bicyclic) bond motifs is 1. The molecule has 0 aromatic heterocycles. The van der Waals surface area contributed by atoms with E-state index in [0.717, 1.165) is 35.9 Å². The summed E-state index contributed by atoms with van der Waals surface area (Å²) in [7, 11) is 1.30. The van der Waals surface area contributed by atoms with Crippen LogP contribution >= 0.6 is 24.0 Å². The van der Waals surface area contributed by atoms with Crippen LogP contribution in [-0.4, -0.2) is 47.2 Å². The number of anilines is 1. The zero-order valence-electron chi connectivity index (χ0n) is 15.2. The van der Waals surface area contributed by atoms with Crippen LogP contribution in [0.4, 0.5) is 5.69 Å². The fraction of sp³-hybridized carbons (Fsp3) is 0.368. The van der Waals surface area contributed by atoms with Crippen molar-refractivity contribution in [2.45, 2.75) is 26.2 Å². The second-order valence-electron chi connectivity index (χ2n) is 6.18. The molecular weight excluding hydrogens is 384 g/mol. The number of thioether (sulfide) groups is 1. The van der Waals surface area contributed by atoms with E-state index < -0.39 is 5.97 Å². The monoisotopic (exact) mass is 404 g/mol. The van der Waals surface area contributed by atoms with Crippen molar-refractivity contribution < 1.29 is 19.1 Å². The number of amides is 2. The predicted octanol–water partition coefficient (Wildman–Crippen LogP) is 2.97. The van der Waals surface area contributed by atoms with E-state index in [1.54, 1.807) is 4.90 Å². The van der Waals surface area contributed by atoms with Gasteiger partial charge >= 0.3 is 5.97 Å². The lowest BCUT2D eigenvalue weighted by molar-refractivity contribution is -0.141. The smallest absolute Gasteiger partial charge is 0.307 e. The van der Waals surface area contributed by atoms with E-state index in [9.17, 15) is 14.4 Å². The molecule has 3 rings (SSSR count). The maximum atomic E-state index is 13.1. The van der Waals surface area contributed by atoms with Crippen LogP contribution < -0.4 is 4.90 Å². The molecule has 27 heavy (non-hydrogen) atoms. The Morgan fingerprint density at radius 3 is 2.59 bits per heavy atom. The largest absolute Gasteiger partial charge is 0.469 e. The number of unbranched alkanes of at least 4 members (excludes halogenated alkanes) is 1. The lowest BCUT2D eigenvalue weighted by Crippen LogP contribution is -2.31. The van der Waals surface area contributed by atoms with Gasteiger partial charge in [0, 0.05) is 18.7 Å². The lowest BCUT2D eigenvalue weighted by atomic mass is 10.1. The highest BCUT2D eigenvalue weighted by molar-refractivity contribution is 8.26. The second-order valence-corrected chi connectivity index (χ2v) is 7.83. The van der Waals surface area contributed by atoms with Gasteiger partial charge in [-0.15, -0.1) is 0 Å². The van der Waals surface area contributed by atoms with Gasteiger partial charge in [0.2, 0.25) is 0 Å². The van der Waals surface area contributed by atoms with Crippen molar-refractivity contribution in [1.29, 1.82) is 0 Å². The molecule has 8 heteroatoms. The molecule has 0 bridgehead atoms. The highest BCUT2D eigenvalue weighted by Crippen LogP contribution is 2.44. The highest BCUT2D eigenvalue weighted by Gasteiger charge is 2.41. The molecule has 2 heterocycles. The van der Waals surface area contributed by atoms with E-state index >= 15 is 0 Å². The first-order valence-electron chi connectivity index (χ1n) is 8.75. The summed E-state index contributed by atoms with van der Waals surface area (Å²) in [5, 5.41) is 0. The van der Waals surface area contributed by atoms with E-state index in [4.69, 9.17) is 12.2 Å². The number of rotatable bonds is 6. The van der Waals surface area contributed by atoms with E-state index in [0.29, 0.717) is 21.3 Å². The van der Waals surface area contributed by atoms with Crippen LogP contribution in [-0.2, 0) is 19.1 Å². The summed E-state index contributed by atoms with van der Waals surface area (Å²) in [6, 6.07) is 7.49. The summed E-state index contributed by atoms with van der Waals surface area (Å²) in [6.07, 6.45) is 1.91. The quantitative estimate of drug-likeness (QED) is 0.413. The first-order chi connectivity index (χ1) is 13.0. The van der Waals surface area contributed by atoms with Gasteiger partial charge in [-0.2, -0.15) is 0 Å². The van der Waals surface area contributed by atoms with Crippen molar-refractivity contribution >= 4 is 57.3 Å². The fourth-order valence-electron chi connectivity index (χ4n) is 3.09. The number of esters is 1. The van der Waals surface area contributed by atoms with Crippen LogP contribution in [0.2, 0.25) is 0 Å². The van der Waals surface area contributed by atoms with E-state index in [1.165, 1.54) is 12.0 Å². The molecular formula is C19H20N2O4S2. The standard InChI is InChI=1S/C19H20N2O4S2/c1-3-4-10-20-13-8-6-5-7-12(13)15(17(20)23)16-18(24)21(19(26)27-16)11-9-14(22)25-2/h5-8H,3-4,9-11H2,1-2H3/b16-15-. The van der Waals surface area contributed by atoms with Crippen molar-refractivity contribution in [3.8, 4) is 0 Å². The molecule has 0 radical (unpaired) electrons.